The molecule has 4 nitrogen and oxygen atoms in total. The Morgan fingerprint density at radius 2 is 1.33 bits per heavy atom. The van der Waals surface area contributed by atoms with E-state index >= 15 is 0 Å². The zero-order valence-corrected chi connectivity index (χ0v) is 12.4. The van der Waals surface area contributed by atoms with E-state index in [1.807, 2.05) is 39.8 Å². The molecule has 0 bridgehead atoms. The molecule has 0 unspecified atom stereocenters. The molecule has 2 aromatic heterocycles. The van der Waals surface area contributed by atoms with Crippen LogP contribution in [-0.2, 0) is 0 Å². The van der Waals surface area contributed by atoms with E-state index in [1.54, 1.807) is 10.8 Å². The monoisotopic (exact) mass is 278 g/mol. The van der Waals surface area contributed by atoms with Crippen LogP contribution in [0, 0.1) is 27.7 Å². The molecule has 0 radical (unpaired) electrons. The number of aryl methyl sites for hydroxylation is 4. The Balaban J connectivity index is 2.11. The largest absolute Gasteiger partial charge is 0.238 e. The van der Waals surface area contributed by atoms with E-state index in [2.05, 4.69) is 19.9 Å². The lowest BCUT2D eigenvalue weighted by Crippen LogP contribution is -1.93. The third-order valence-electron chi connectivity index (χ3n) is 2.11. The Morgan fingerprint density at radius 3 is 1.94 bits per heavy atom. The van der Waals surface area contributed by atoms with E-state index in [0.717, 1.165) is 33.1 Å². The van der Waals surface area contributed by atoms with Gasteiger partial charge in [0.15, 0.2) is 5.16 Å². The maximum absolute atomic E-state index is 4.38. The molecule has 0 saturated carbocycles. The van der Waals surface area contributed by atoms with Crippen LogP contribution in [0.3, 0.4) is 0 Å². The third-order valence-corrected chi connectivity index (χ3v) is 4.11. The summed E-state index contributed by atoms with van der Waals surface area (Å²) in [5.74, 6) is 0.791. The summed E-state index contributed by atoms with van der Waals surface area (Å²) in [4.78, 5) is 17.4. The molecular weight excluding hydrogens is 264 g/mol. The average Bonchev–Trinajstić information content (AvgIpc) is 2.23. The lowest BCUT2D eigenvalue weighted by Gasteiger charge is -2.03. The summed E-state index contributed by atoms with van der Waals surface area (Å²) >= 11 is 0. The van der Waals surface area contributed by atoms with Crippen molar-refractivity contribution in [2.24, 2.45) is 0 Å². The maximum Gasteiger partial charge on any atom is 0.199 e. The van der Waals surface area contributed by atoms with Crippen LogP contribution in [0.25, 0.3) is 0 Å². The Kier molecular flexibility index (Phi) is 4.19. The predicted molar refractivity (Wildman–Crippen MR) is 74.7 cm³/mol. The van der Waals surface area contributed by atoms with Gasteiger partial charge in [0.2, 0.25) is 0 Å². The van der Waals surface area contributed by atoms with Crippen molar-refractivity contribution in [3.05, 3.63) is 35.0 Å². The van der Waals surface area contributed by atoms with Crippen LogP contribution in [-0.4, -0.2) is 19.9 Å². The molecule has 0 atom stereocenters. The van der Waals surface area contributed by atoms with Gasteiger partial charge in [-0.25, -0.2) is 19.9 Å². The highest BCUT2D eigenvalue weighted by Crippen LogP contribution is 2.34. The van der Waals surface area contributed by atoms with Gasteiger partial charge < -0.3 is 0 Å². The second kappa shape index (κ2) is 5.67. The molecule has 6 heteroatoms. The molecule has 0 aromatic carbocycles. The van der Waals surface area contributed by atoms with Gasteiger partial charge >= 0.3 is 0 Å². The van der Waals surface area contributed by atoms with Crippen LogP contribution in [0.1, 0.15) is 22.9 Å². The number of hydrogen-bond donors (Lipinski definition) is 0. The number of hydrogen-bond acceptors (Lipinski definition) is 6. The Labute approximate surface area is 114 Å². The molecular formula is C12H14N4S2. The van der Waals surface area contributed by atoms with E-state index in [1.165, 1.54) is 10.8 Å². The van der Waals surface area contributed by atoms with E-state index < -0.39 is 0 Å². The first-order valence-corrected chi connectivity index (χ1v) is 7.67. The topological polar surface area (TPSA) is 51.6 Å². The van der Waals surface area contributed by atoms with Crippen molar-refractivity contribution in [3.8, 4) is 0 Å². The summed E-state index contributed by atoms with van der Waals surface area (Å²) in [6.07, 6.45) is 0. The average molecular weight is 278 g/mol. The maximum atomic E-state index is 4.38. The third kappa shape index (κ3) is 3.68. The molecule has 0 spiro atoms. The van der Waals surface area contributed by atoms with E-state index in [4.69, 9.17) is 0 Å². The Bertz CT molecular complexity index is 480. The van der Waals surface area contributed by atoms with Gasteiger partial charge in [-0.05, 0) is 61.4 Å². The molecule has 94 valence electrons. The summed E-state index contributed by atoms with van der Waals surface area (Å²) in [6, 6.07) is 3.93. The fraction of sp³-hybridized carbons (Fsp3) is 0.333. The lowest BCUT2D eigenvalue weighted by molar-refractivity contribution is 0.906. The Morgan fingerprint density at radius 1 is 0.722 bits per heavy atom. The van der Waals surface area contributed by atoms with E-state index in [9.17, 15) is 0 Å². The second-order valence-electron chi connectivity index (χ2n) is 3.99. The molecule has 0 amide bonds. The van der Waals surface area contributed by atoms with Crippen LogP contribution in [0.2, 0.25) is 0 Å². The fourth-order valence-electron chi connectivity index (χ4n) is 1.54. The SMILES string of the molecule is Cc1cc(SSc2nc(C)cc(C)n2)nc(C)n1. The van der Waals surface area contributed by atoms with Crippen molar-refractivity contribution < 1.29 is 0 Å². The second-order valence-corrected chi connectivity index (χ2v) is 6.11. The molecule has 0 N–H and O–H groups in total. The van der Waals surface area contributed by atoms with Gasteiger partial charge in [0, 0.05) is 17.1 Å². The van der Waals surface area contributed by atoms with Crippen LogP contribution >= 0.6 is 21.6 Å². The quantitative estimate of drug-likeness (QED) is 0.488. The highest BCUT2D eigenvalue weighted by atomic mass is 33.1. The molecule has 0 fully saturated rings. The summed E-state index contributed by atoms with van der Waals surface area (Å²) in [6.45, 7) is 7.82. The van der Waals surface area contributed by atoms with Crippen molar-refractivity contribution in [3.63, 3.8) is 0 Å². The molecule has 2 aromatic rings. The van der Waals surface area contributed by atoms with Gasteiger partial charge in [-0.1, -0.05) is 0 Å². The van der Waals surface area contributed by atoms with Gasteiger partial charge in [-0.15, -0.1) is 0 Å². The number of rotatable bonds is 3. The summed E-state index contributed by atoms with van der Waals surface area (Å²) < 4.78 is 0. The highest BCUT2D eigenvalue weighted by Gasteiger charge is 2.05. The minimum Gasteiger partial charge on any atom is -0.238 e. The normalized spacial score (nSPS) is 10.7. The van der Waals surface area contributed by atoms with Crippen LogP contribution < -0.4 is 0 Å². The zero-order chi connectivity index (χ0) is 13.1. The summed E-state index contributed by atoms with van der Waals surface area (Å²) in [5.41, 5.74) is 2.95. The molecule has 2 heterocycles. The van der Waals surface area contributed by atoms with Crippen molar-refractivity contribution in [2.75, 3.05) is 0 Å². The molecule has 18 heavy (non-hydrogen) atoms. The van der Waals surface area contributed by atoms with Gasteiger partial charge in [0.25, 0.3) is 0 Å². The molecule has 0 aliphatic rings. The fourth-order valence-corrected chi connectivity index (χ4v) is 3.41. The van der Waals surface area contributed by atoms with E-state index in [-0.39, 0.29) is 0 Å². The highest BCUT2D eigenvalue weighted by molar-refractivity contribution is 8.76. The van der Waals surface area contributed by atoms with Gasteiger partial charge in [0.1, 0.15) is 10.9 Å². The van der Waals surface area contributed by atoms with Gasteiger partial charge in [-0.2, -0.15) is 0 Å². The predicted octanol–water partition coefficient (Wildman–Crippen LogP) is 3.30. The zero-order valence-electron chi connectivity index (χ0n) is 10.8. The van der Waals surface area contributed by atoms with Crippen LogP contribution in [0.4, 0.5) is 0 Å². The van der Waals surface area contributed by atoms with Crippen molar-refractivity contribution in [2.45, 2.75) is 37.9 Å². The van der Waals surface area contributed by atoms with Crippen molar-refractivity contribution >= 4 is 21.6 Å². The van der Waals surface area contributed by atoms with Crippen LogP contribution in [0.15, 0.2) is 22.3 Å². The van der Waals surface area contributed by atoms with Crippen LogP contribution in [0.5, 0.6) is 0 Å². The first-order chi connectivity index (χ1) is 8.52. The minimum absolute atomic E-state index is 0.770. The van der Waals surface area contributed by atoms with Crippen molar-refractivity contribution in [1.82, 2.24) is 19.9 Å². The molecule has 0 saturated heterocycles. The number of aromatic nitrogens is 4. The number of nitrogens with zero attached hydrogens (tertiary/aromatic N) is 4. The molecule has 2 rings (SSSR count). The minimum atomic E-state index is 0.770. The van der Waals surface area contributed by atoms with Crippen molar-refractivity contribution in [1.29, 1.82) is 0 Å². The first kappa shape index (κ1) is 13.3. The smallest absolute Gasteiger partial charge is 0.199 e. The standard InChI is InChI=1S/C12H14N4S2/c1-7-5-8(2)15-12(14-7)18-17-11-6-9(3)13-10(4)16-11/h5-6H,1-4H3. The lowest BCUT2D eigenvalue weighted by atomic mass is 10.4. The Hall–Kier alpha value is -1.14. The summed E-state index contributed by atoms with van der Waals surface area (Å²) in [5, 5.41) is 1.71. The summed E-state index contributed by atoms with van der Waals surface area (Å²) in [7, 11) is 3.08. The van der Waals surface area contributed by atoms with Gasteiger partial charge in [0.05, 0.1) is 0 Å². The van der Waals surface area contributed by atoms with E-state index in [0.29, 0.717) is 0 Å². The molecule has 0 aliphatic carbocycles. The van der Waals surface area contributed by atoms with Gasteiger partial charge in [-0.3, -0.25) is 0 Å². The first-order valence-electron chi connectivity index (χ1n) is 5.52. The molecule has 0 aliphatic heterocycles.